The smallest absolute Gasteiger partial charge is 0.408 e. The highest BCUT2D eigenvalue weighted by molar-refractivity contribution is 5.79. The Balaban J connectivity index is 2.75. The SMILES string of the molecule is CC(C)(C)CC(NC(=O)N1CCC(C)(C(=O)O)C1)C(F)(F)F. The number of carboxylic acids is 1. The first-order chi connectivity index (χ1) is 9.74. The molecule has 1 aliphatic rings. The first-order valence-corrected chi connectivity index (χ1v) is 7.10. The number of nitrogens with one attached hydrogen (secondary N) is 1. The van der Waals surface area contributed by atoms with Crippen LogP contribution in [0, 0.1) is 10.8 Å². The predicted octanol–water partition coefficient (Wildman–Crippen LogP) is 2.86. The van der Waals surface area contributed by atoms with Gasteiger partial charge in [0.25, 0.3) is 0 Å². The largest absolute Gasteiger partial charge is 0.481 e. The van der Waals surface area contributed by atoms with E-state index < -0.39 is 35.0 Å². The van der Waals surface area contributed by atoms with Crippen molar-refractivity contribution < 1.29 is 27.9 Å². The van der Waals surface area contributed by atoms with Crippen LogP contribution in [0.5, 0.6) is 0 Å². The van der Waals surface area contributed by atoms with Gasteiger partial charge < -0.3 is 15.3 Å². The van der Waals surface area contributed by atoms with E-state index in [9.17, 15) is 22.8 Å². The molecular formula is C14H23F3N2O3. The number of nitrogens with zero attached hydrogens (tertiary/aromatic N) is 1. The highest BCUT2D eigenvalue weighted by atomic mass is 19.4. The second-order valence-corrected chi connectivity index (χ2v) is 7.35. The molecular weight excluding hydrogens is 301 g/mol. The van der Waals surface area contributed by atoms with Crippen LogP contribution in [0.15, 0.2) is 0 Å². The summed E-state index contributed by atoms with van der Waals surface area (Å²) in [6.45, 7) is 6.52. The van der Waals surface area contributed by atoms with Gasteiger partial charge in [0, 0.05) is 13.1 Å². The van der Waals surface area contributed by atoms with Gasteiger partial charge in [0.15, 0.2) is 0 Å². The van der Waals surface area contributed by atoms with Crippen molar-refractivity contribution >= 4 is 12.0 Å². The summed E-state index contributed by atoms with van der Waals surface area (Å²) < 4.78 is 39.2. The molecule has 0 spiro atoms. The molecule has 0 bridgehead atoms. The number of rotatable bonds is 3. The number of likely N-dealkylation sites (tertiary alicyclic amines) is 1. The molecule has 5 nitrogen and oxygen atoms in total. The summed E-state index contributed by atoms with van der Waals surface area (Å²) in [5.41, 5.74) is -1.71. The van der Waals surface area contributed by atoms with E-state index in [-0.39, 0.29) is 25.9 Å². The highest BCUT2D eigenvalue weighted by Gasteiger charge is 2.46. The lowest BCUT2D eigenvalue weighted by Gasteiger charge is -2.30. The molecule has 2 amide bonds. The van der Waals surface area contributed by atoms with Crippen LogP contribution in [0.25, 0.3) is 0 Å². The third-order valence-corrected chi connectivity index (χ3v) is 3.79. The molecule has 0 saturated carbocycles. The summed E-state index contributed by atoms with van der Waals surface area (Å²) in [5, 5.41) is 11.1. The minimum Gasteiger partial charge on any atom is -0.481 e. The molecule has 0 radical (unpaired) electrons. The van der Waals surface area contributed by atoms with E-state index in [0.29, 0.717) is 0 Å². The number of halogens is 3. The Kier molecular flexibility index (Phi) is 5.04. The van der Waals surface area contributed by atoms with Gasteiger partial charge in [-0.15, -0.1) is 0 Å². The van der Waals surface area contributed by atoms with Gasteiger partial charge in [-0.05, 0) is 25.2 Å². The number of carboxylic acid groups (broad SMARTS) is 1. The third kappa shape index (κ3) is 4.78. The minimum absolute atomic E-state index is 0.0890. The van der Waals surface area contributed by atoms with Crippen LogP contribution in [-0.4, -0.2) is 47.3 Å². The monoisotopic (exact) mass is 324 g/mol. The van der Waals surface area contributed by atoms with Crippen LogP contribution in [0.1, 0.15) is 40.5 Å². The molecule has 22 heavy (non-hydrogen) atoms. The Hall–Kier alpha value is -1.47. The number of carbonyl (C=O) groups is 2. The lowest BCUT2D eigenvalue weighted by Crippen LogP contribution is -2.52. The summed E-state index contributed by atoms with van der Waals surface area (Å²) in [7, 11) is 0. The molecule has 1 saturated heterocycles. The van der Waals surface area contributed by atoms with Gasteiger partial charge in [-0.3, -0.25) is 4.79 Å². The first kappa shape index (κ1) is 18.6. The number of aliphatic carboxylic acids is 1. The lowest BCUT2D eigenvalue weighted by atomic mass is 9.88. The van der Waals surface area contributed by atoms with Gasteiger partial charge in [-0.2, -0.15) is 13.2 Å². The molecule has 2 atom stereocenters. The van der Waals surface area contributed by atoms with Crippen LogP contribution in [-0.2, 0) is 4.79 Å². The zero-order valence-corrected chi connectivity index (χ0v) is 13.3. The number of urea groups is 1. The maximum atomic E-state index is 13.1. The average molecular weight is 324 g/mol. The van der Waals surface area contributed by atoms with E-state index in [0.717, 1.165) is 4.90 Å². The topological polar surface area (TPSA) is 69.6 Å². The molecule has 8 heteroatoms. The minimum atomic E-state index is -4.54. The second kappa shape index (κ2) is 5.96. The quantitative estimate of drug-likeness (QED) is 0.839. The molecule has 0 aromatic heterocycles. The van der Waals surface area contributed by atoms with Gasteiger partial charge in [-0.25, -0.2) is 4.79 Å². The van der Waals surface area contributed by atoms with Gasteiger partial charge in [0.1, 0.15) is 6.04 Å². The number of amides is 2. The average Bonchev–Trinajstić information content (AvgIpc) is 2.69. The fraction of sp³-hybridized carbons (Fsp3) is 0.857. The molecule has 128 valence electrons. The van der Waals surface area contributed by atoms with E-state index in [1.807, 2.05) is 5.32 Å². The summed E-state index contributed by atoms with van der Waals surface area (Å²) in [5.74, 6) is -1.05. The predicted molar refractivity (Wildman–Crippen MR) is 74.4 cm³/mol. The Bertz CT molecular complexity index is 446. The second-order valence-electron chi connectivity index (χ2n) is 7.35. The normalized spacial score (nSPS) is 24.2. The van der Waals surface area contributed by atoms with Crippen LogP contribution >= 0.6 is 0 Å². The Morgan fingerprint density at radius 2 is 1.86 bits per heavy atom. The first-order valence-electron chi connectivity index (χ1n) is 7.10. The molecule has 0 aromatic rings. The third-order valence-electron chi connectivity index (χ3n) is 3.79. The summed E-state index contributed by atoms with van der Waals surface area (Å²) in [4.78, 5) is 24.3. The molecule has 0 aliphatic carbocycles. The Morgan fingerprint density at radius 3 is 2.23 bits per heavy atom. The Morgan fingerprint density at radius 1 is 1.32 bits per heavy atom. The van der Waals surface area contributed by atoms with Crippen molar-refractivity contribution in [1.82, 2.24) is 10.2 Å². The van der Waals surface area contributed by atoms with Crippen LogP contribution < -0.4 is 5.32 Å². The molecule has 1 heterocycles. The van der Waals surface area contributed by atoms with E-state index >= 15 is 0 Å². The van der Waals surface area contributed by atoms with Crippen molar-refractivity contribution in [2.75, 3.05) is 13.1 Å². The maximum Gasteiger partial charge on any atom is 0.408 e. The zero-order chi connectivity index (χ0) is 17.3. The van der Waals surface area contributed by atoms with E-state index in [1.165, 1.54) is 6.92 Å². The molecule has 1 aliphatic heterocycles. The van der Waals surface area contributed by atoms with Crippen molar-refractivity contribution in [1.29, 1.82) is 0 Å². The molecule has 1 rings (SSSR count). The highest BCUT2D eigenvalue weighted by Crippen LogP contribution is 2.32. The summed E-state index contributed by atoms with van der Waals surface area (Å²) in [6, 6.07) is -2.81. The van der Waals surface area contributed by atoms with Crippen LogP contribution in [0.2, 0.25) is 0 Å². The van der Waals surface area contributed by atoms with Crippen molar-refractivity contribution in [2.45, 2.75) is 52.8 Å². The maximum absolute atomic E-state index is 13.1. The van der Waals surface area contributed by atoms with Gasteiger partial charge in [-0.1, -0.05) is 20.8 Å². The van der Waals surface area contributed by atoms with Crippen molar-refractivity contribution in [3.05, 3.63) is 0 Å². The molecule has 2 N–H and O–H groups in total. The van der Waals surface area contributed by atoms with E-state index in [4.69, 9.17) is 5.11 Å². The molecule has 0 aromatic carbocycles. The van der Waals surface area contributed by atoms with E-state index in [2.05, 4.69) is 0 Å². The van der Waals surface area contributed by atoms with Gasteiger partial charge in [0.05, 0.1) is 5.41 Å². The number of hydrogen-bond donors (Lipinski definition) is 2. The number of alkyl halides is 3. The van der Waals surface area contributed by atoms with Gasteiger partial charge >= 0.3 is 18.2 Å². The fourth-order valence-corrected chi connectivity index (χ4v) is 2.41. The standard InChI is InChI=1S/C14H23F3N2O3/c1-12(2,3)7-9(14(15,16)17)18-11(22)19-6-5-13(4,8-19)10(20)21/h9H,5-8H2,1-4H3,(H,18,22)(H,20,21). The van der Waals surface area contributed by atoms with Crippen molar-refractivity contribution in [3.63, 3.8) is 0 Å². The summed E-state index contributed by atoms with van der Waals surface area (Å²) in [6.07, 6.45) is -4.56. The van der Waals surface area contributed by atoms with Crippen LogP contribution in [0.4, 0.5) is 18.0 Å². The van der Waals surface area contributed by atoms with E-state index in [1.54, 1.807) is 20.8 Å². The Labute approximate surface area is 127 Å². The fourth-order valence-electron chi connectivity index (χ4n) is 2.41. The van der Waals surface area contributed by atoms with Crippen molar-refractivity contribution in [2.24, 2.45) is 10.8 Å². The summed E-state index contributed by atoms with van der Waals surface area (Å²) >= 11 is 0. The molecule has 2 unspecified atom stereocenters. The zero-order valence-electron chi connectivity index (χ0n) is 13.3. The van der Waals surface area contributed by atoms with Gasteiger partial charge in [0.2, 0.25) is 0 Å². The number of carbonyl (C=O) groups excluding carboxylic acids is 1. The van der Waals surface area contributed by atoms with Crippen molar-refractivity contribution in [3.8, 4) is 0 Å². The van der Waals surface area contributed by atoms with Crippen LogP contribution in [0.3, 0.4) is 0 Å². The lowest BCUT2D eigenvalue weighted by molar-refractivity contribution is -0.159. The molecule has 1 fully saturated rings. The number of hydrogen-bond acceptors (Lipinski definition) is 2.